The molecule has 2 atom stereocenters. The lowest BCUT2D eigenvalue weighted by molar-refractivity contribution is -0.135. The number of hydrogen-bond acceptors (Lipinski definition) is 3. The number of carbonyl (C=O) groups is 1. The molecule has 1 aliphatic rings. The Hall–Kier alpha value is -0.610. The van der Waals surface area contributed by atoms with E-state index in [2.05, 4.69) is 0 Å². The van der Waals surface area contributed by atoms with Gasteiger partial charge in [0.25, 0.3) is 0 Å². The van der Waals surface area contributed by atoms with E-state index >= 15 is 0 Å². The average molecular weight is 214 g/mol. The molecule has 1 aliphatic heterocycles. The van der Waals surface area contributed by atoms with Gasteiger partial charge >= 0.3 is 0 Å². The Morgan fingerprint density at radius 1 is 1.67 bits per heavy atom. The third-order valence-electron chi connectivity index (χ3n) is 2.63. The molecule has 88 valence electrons. The number of ether oxygens (including phenoxy) is 1. The van der Waals surface area contributed by atoms with Crippen molar-refractivity contribution in [2.24, 2.45) is 5.73 Å². The fourth-order valence-electron chi connectivity index (χ4n) is 1.94. The molecular formula is C11H22N2O2. The minimum Gasteiger partial charge on any atom is -0.377 e. The van der Waals surface area contributed by atoms with Crippen LogP contribution < -0.4 is 5.73 Å². The van der Waals surface area contributed by atoms with E-state index in [0.29, 0.717) is 6.42 Å². The SMILES string of the molecule is CCOC1CCCN(C(=O)CC(C)N)C1. The van der Waals surface area contributed by atoms with E-state index in [-0.39, 0.29) is 18.1 Å². The topological polar surface area (TPSA) is 55.6 Å². The number of carbonyl (C=O) groups excluding carboxylic acids is 1. The van der Waals surface area contributed by atoms with Crippen molar-refractivity contribution in [2.45, 2.75) is 45.3 Å². The predicted molar refractivity (Wildman–Crippen MR) is 59.5 cm³/mol. The fraction of sp³-hybridized carbons (Fsp3) is 0.909. The Balaban J connectivity index is 2.38. The number of amides is 1. The summed E-state index contributed by atoms with van der Waals surface area (Å²) in [5.41, 5.74) is 5.61. The normalized spacial score (nSPS) is 23.9. The van der Waals surface area contributed by atoms with E-state index in [1.165, 1.54) is 0 Å². The highest BCUT2D eigenvalue weighted by atomic mass is 16.5. The number of hydrogen-bond donors (Lipinski definition) is 1. The maximum absolute atomic E-state index is 11.7. The number of nitrogens with zero attached hydrogens (tertiary/aromatic N) is 1. The molecule has 4 heteroatoms. The average Bonchev–Trinajstić information content (AvgIpc) is 2.17. The van der Waals surface area contributed by atoms with E-state index in [1.54, 1.807) is 0 Å². The van der Waals surface area contributed by atoms with E-state index in [4.69, 9.17) is 10.5 Å². The summed E-state index contributed by atoms with van der Waals surface area (Å²) in [6.07, 6.45) is 2.77. The molecule has 2 N–H and O–H groups in total. The molecule has 0 saturated carbocycles. The van der Waals surface area contributed by atoms with Crippen LogP contribution in [0.4, 0.5) is 0 Å². The van der Waals surface area contributed by atoms with Gasteiger partial charge in [0.15, 0.2) is 0 Å². The quantitative estimate of drug-likeness (QED) is 0.751. The van der Waals surface area contributed by atoms with Crippen LogP contribution in [0.1, 0.15) is 33.1 Å². The van der Waals surface area contributed by atoms with E-state index < -0.39 is 0 Å². The highest BCUT2D eigenvalue weighted by Gasteiger charge is 2.23. The van der Waals surface area contributed by atoms with Crippen LogP contribution in [-0.4, -0.2) is 42.6 Å². The van der Waals surface area contributed by atoms with Crippen LogP contribution in [0.3, 0.4) is 0 Å². The molecule has 15 heavy (non-hydrogen) atoms. The molecule has 0 aromatic carbocycles. The molecular weight excluding hydrogens is 192 g/mol. The van der Waals surface area contributed by atoms with Gasteiger partial charge in [0.1, 0.15) is 0 Å². The van der Waals surface area contributed by atoms with Gasteiger partial charge in [-0.25, -0.2) is 0 Å². The van der Waals surface area contributed by atoms with Crippen molar-refractivity contribution in [3.63, 3.8) is 0 Å². The van der Waals surface area contributed by atoms with Crippen LogP contribution in [0.25, 0.3) is 0 Å². The molecule has 0 bridgehead atoms. The van der Waals surface area contributed by atoms with Crippen molar-refractivity contribution in [3.05, 3.63) is 0 Å². The highest BCUT2D eigenvalue weighted by Crippen LogP contribution is 2.14. The Morgan fingerprint density at radius 2 is 2.40 bits per heavy atom. The first-order valence-corrected chi connectivity index (χ1v) is 5.78. The van der Waals surface area contributed by atoms with Gasteiger partial charge in [-0.15, -0.1) is 0 Å². The van der Waals surface area contributed by atoms with Crippen molar-refractivity contribution in [1.82, 2.24) is 4.90 Å². The second-order valence-electron chi connectivity index (χ2n) is 4.24. The summed E-state index contributed by atoms with van der Waals surface area (Å²) in [5, 5.41) is 0. The first-order chi connectivity index (χ1) is 7.13. The predicted octanol–water partition coefficient (Wildman–Crippen LogP) is 0.751. The Morgan fingerprint density at radius 3 is 3.00 bits per heavy atom. The van der Waals surface area contributed by atoms with E-state index in [0.717, 1.165) is 32.5 Å². The number of nitrogens with two attached hydrogens (primary N) is 1. The van der Waals surface area contributed by atoms with Gasteiger partial charge in [0.2, 0.25) is 5.91 Å². The first kappa shape index (κ1) is 12.5. The van der Waals surface area contributed by atoms with Gasteiger partial charge in [0, 0.05) is 32.2 Å². The lowest BCUT2D eigenvalue weighted by atomic mass is 10.1. The van der Waals surface area contributed by atoms with Gasteiger partial charge in [0.05, 0.1) is 6.10 Å². The van der Waals surface area contributed by atoms with Crippen molar-refractivity contribution < 1.29 is 9.53 Å². The Labute approximate surface area is 91.8 Å². The molecule has 1 saturated heterocycles. The van der Waals surface area contributed by atoms with Crippen LogP contribution in [-0.2, 0) is 9.53 Å². The van der Waals surface area contributed by atoms with Crippen LogP contribution in [0.2, 0.25) is 0 Å². The third kappa shape index (κ3) is 4.18. The van der Waals surface area contributed by atoms with Crippen molar-refractivity contribution in [1.29, 1.82) is 0 Å². The van der Waals surface area contributed by atoms with Crippen LogP contribution in [0.5, 0.6) is 0 Å². The van der Waals surface area contributed by atoms with Crippen LogP contribution in [0, 0.1) is 0 Å². The fourth-order valence-corrected chi connectivity index (χ4v) is 1.94. The summed E-state index contributed by atoms with van der Waals surface area (Å²) in [6, 6.07) is -0.0510. The summed E-state index contributed by atoms with van der Waals surface area (Å²) in [5.74, 6) is 0.161. The minimum absolute atomic E-state index is 0.0510. The van der Waals surface area contributed by atoms with Gasteiger partial charge in [-0.3, -0.25) is 4.79 Å². The zero-order chi connectivity index (χ0) is 11.3. The van der Waals surface area contributed by atoms with E-state index in [1.807, 2.05) is 18.7 Å². The lowest BCUT2D eigenvalue weighted by Gasteiger charge is -2.32. The number of rotatable bonds is 4. The summed E-state index contributed by atoms with van der Waals surface area (Å²) in [7, 11) is 0. The van der Waals surface area contributed by atoms with Crippen molar-refractivity contribution in [3.8, 4) is 0 Å². The highest BCUT2D eigenvalue weighted by molar-refractivity contribution is 5.76. The smallest absolute Gasteiger partial charge is 0.224 e. The molecule has 1 amide bonds. The summed E-state index contributed by atoms with van der Waals surface area (Å²) >= 11 is 0. The molecule has 0 aliphatic carbocycles. The zero-order valence-corrected chi connectivity index (χ0v) is 9.74. The summed E-state index contributed by atoms with van der Waals surface area (Å²) in [6.45, 7) is 6.17. The molecule has 0 aromatic rings. The molecule has 1 rings (SSSR count). The van der Waals surface area contributed by atoms with Crippen molar-refractivity contribution >= 4 is 5.91 Å². The van der Waals surface area contributed by atoms with Crippen molar-refractivity contribution in [2.75, 3.05) is 19.7 Å². The van der Waals surface area contributed by atoms with Gasteiger partial charge < -0.3 is 15.4 Å². The molecule has 1 fully saturated rings. The van der Waals surface area contributed by atoms with Gasteiger partial charge in [-0.2, -0.15) is 0 Å². The van der Waals surface area contributed by atoms with E-state index in [9.17, 15) is 4.79 Å². The largest absolute Gasteiger partial charge is 0.377 e. The lowest BCUT2D eigenvalue weighted by Crippen LogP contribution is -2.44. The molecule has 0 aromatic heterocycles. The summed E-state index contributed by atoms with van der Waals surface area (Å²) < 4.78 is 5.54. The second kappa shape index (κ2) is 6.08. The molecule has 0 spiro atoms. The number of likely N-dealkylation sites (tertiary alicyclic amines) is 1. The standard InChI is InChI=1S/C11H22N2O2/c1-3-15-10-5-4-6-13(8-10)11(14)7-9(2)12/h9-10H,3-8,12H2,1-2H3. The maximum atomic E-state index is 11.7. The molecule has 2 unspecified atom stereocenters. The monoisotopic (exact) mass is 214 g/mol. The number of piperidine rings is 1. The third-order valence-corrected chi connectivity index (χ3v) is 2.63. The van der Waals surface area contributed by atoms with Crippen LogP contribution >= 0.6 is 0 Å². The molecule has 4 nitrogen and oxygen atoms in total. The summed E-state index contributed by atoms with van der Waals surface area (Å²) in [4.78, 5) is 13.6. The minimum atomic E-state index is -0.0510. The first-order valence-electron chi connectivity index (χ1n) is 5.78. The van der Waals surface area contributed by atoms with Gasteiger partial charge in [-0.1, -0.05) is 0 Å². The van der Waals surface area contributed by atoms with Gasteiger partial charge in [-0.05, 0) is 26.7 Å². The maximum Gasteiger partial charge on any atom is 0.224 e. The Bertz CT molecular complexity index is 205. The molecule has 1 heterocycles. The molecule has 0 radical (unpaired) electrons. The Kier molecular flexibility index (Phi) is 5.05. The zero-order valence-electron chi connectivity index (χ0n) is 9.74. The second-order valence-corrected chi connectivity index (χ2v) is 4.24. The van der Waals surface area contributed by atoms with Crippen LogP contribution in [0.15, 0.2) is 0 Å².